The monoisotopic (exact) mass is 230 g/mol. The molecule has 0 saturated carbocycles. The Bertz CT molecular complexity index is 193. The van der Waals surface area contributed by atoms with Gasteiger partial charge in [0.25, 0.3) is 0 Å². The molecular weight excluding hydrogens is 204 g/mol. The molecule has 0 aromatic carbocycles. The molecule has 16 heavy (non-hydrogen) atoms. The molecule has 2 N–H and O–H groups in total. The highest BCUT2D eigenvalue weighted by Gasteiger charge is 2.25. The molecule has 0 rings (SSSR count). The van der Waals surface area contributed by atoms with Gasteiger partial charge in [0, 0.05) is 19.8 Å². The highest BCUT2D eigenvalue weighted by molar-refractivity contribution is 5.85. The van der Waals surface area contributed by atoms with E-state index in [-0.39, 0.29) is 5.91 Å². The van der Waals surface area contributed by atoms with Crippen molar-refractivity contribution in [1.29, 1.82) is 0 Å². The summed E-state index contributed by atoms with van der Waals surface area (Å²) >= 11 is 0. The van der Waals surface area contributed by atoms with Gasteiger partial charge < -0.3 is 15.4 Å². The molecule has 1 amide bonds. The van der Waals surface area contributed by atoms with Crippen LogP contribution < -0.4 is 10.6 Å². The largest absolute Gasteiger partial charge is 0.381 e. The Balaban J connectivity index is 3.57. The molecule has 4 heteroatoms. The molecule has 0 atom stereocenters. The predicted octanol–water partition coefficient (Wildman–Crippen LogP) is 1.31. The third kappa shape index (κ3) is 6.80. The maximum Gasteiger partial charge on any atom is 0.239 e. The van der Waals surface area contributed by atoms with Crippen molar-refractivity contribution in [2.45, 2.75) is 46.1 Å². The summed E-state index contributed by atoms with van der Waals surface area (Å²) in [5.41, 5.74) is -0.487. The Morgan fingerprint density at radius 1 is 1.25 bits per heavy atom. The van der Waals surface area contributed by atoms with E-state index in [2.05, 4.69) is 17.6 Å². The quantitative estimate of drug-likeness (QED) is 0.587. The molecule has 0 heterocycles. The second kappa shape index (κ2) is 8.53. The highest BCUT2D eigenvalue weighted by Crippen LogP contribution is 2.01. The topological polar surface area (TPSA) is 50.4 Å². The fourth-order valence-electron chi connectivity index (χ4n) is 1.37. The van der Waals surface area contributed by atoms with Crippen molar-refractivity contribution in [2.75, 3.05) is 26.3 Å². The van der Waals surface area contributed by atoms with E-state index in [1.807, 2.05) is 20.8 Å². The van der Waals surface area contributed by atoms with Crippen LogP contribution in [0.2, 0.25) is 0 Å². The van der Waals surface area contributed by atoms with Crippen LogP contribution in [0, 0.1) is 0 Å². The van der Waals surface area contributed by atoms with Crippen molar-refractivity contribution in [2.24, 2.45) is 0 Å². The van der Waals surface area contributed by atoms with Crippen LogP contribution in [0.1, 0.15) is 40.5 Å². The minimum Gasteiger partial charge on any atom is -0.381 e. The number of hydrogen-bond acceptors (Lipinski definition) is 3. The zero-order chi connectivity index (χ0) is 12.4. The zero-order valence-corrected chi connectivity index (χ0v) is 11.1. The molecule has 0 aliphatic heterocycles. The lowest BCUT2D eigenvalue weighted by atomic mass is 10.0. The summed E-state index contributed by atoms with van der Waals surface area (Å²) in [6.45, 7) is 10.8. The molecule has 0 spiro atoms. The van der Waals surface area contributed by atoms with Gasteiger partial charge in [0.15, 0.2) is 0 Å². The number of nitrogens with one attached hydrogen (secondary N) is 2. The summed E-state index contributed by atoms with van der Waals surface area (Å²) in [7, 11) is 0. The van der Waals surface area contributed by atoms with E-state index in [0.717, 1.165) is 32.6 Å². The van der Waals surface area contributed by atoms with Gasteiger partial charge in [-0.05, 0) is 33.2 Å². The fourth-order valence-corrected chi connectivity index (χ4v) is 1.37. The summed E-state index contributed by atoms with van der Waals surface area (Å²) in [5.74, 6) is 0.0461. The molecule has 0 aromatic heterocycles. The maximum absolute atomic E-state index is 11.7. The lowest BCUT2D eigenvalue weighted by Crippen LogP contribution is -2.52. The average Bonchev–Trinajstić information content (AvgIpc) is 2.22. The average molecular weight is 230 g/mol. The molecule has 0 aliphatic carbocycles. The third-order valence-corrected chi connectivity index (χ3v) is 2.29. The van der Waals surface area contributed by atoms with E-state index in [1.54, 1.807) is 0 Å². The third-order valence-electron chi connectivity index (χ3n) is 2.29. The fraction of sp³-hybridized carbons (Fsp3) is 0.917. The molecule has 0 unspecified atom stereocenters. The van der Waals surface area contributed by atoms with E-state index in [1.165, 1.54) is 0 Å². The number of rotatable bonds is 9. The van der Waals surface area contributed by atoms with Crippen LogP contribution in [-0.4, -0.2) is 37.7 Å². The van der Waals surface area contributed by atoms with Gasteiger partial charge >= 0.3 is 0 Å². The summed E-state index contributed by atoms with van der Waals surface area (Å²) < 4.78 is 5.33. The first-order valence-electron chi connectivity index (χ1n) is 6.15. The van der Waals surface area contributed by atoms with Crippen LogP contribution in [0.4, 0.5) is 0 Å². The number of hydrogen-bond donors (Lipinski definition) is 2. The van der Waals surface area contributed by atoms with Gasteiger partial charge in [0.1, 0.15) is 0 Å². The molecule has 0 aliphatic rings. The standard InChI is InChI=1S/C12H26N2O2/c1-5-9-16-10-7-8-13-11(15)12(3,4)14-6-2/h14H,5-10H2,1-4H3,(H,13,15). The van der Waals surface area contributed by atoms with E-state index in [9.17, 15) is 4.79 Å². The van der Waals surface area contributed by atoms with Gasteiger partial charge in [0.05, 0.1) is 5.54 Å². The lowest BCUT2D eigenvalue weighted by molar-refractivity contribution is -0.126. The molecule has 0 fully saturated rings. The summed E-state index contributed by atoms with van der Waals surface area (Å²) in [6, 6.07) is 0. The van der Waals surface area contributed by atoms with Gasteiger partial charge in [-0.3, -0.25) is 4.79 Å². The van der Waals surface area contributed by atoms with Gasteiger partial charge in [-0.2, -0.15) is 0 Å². The summed E-state index contributed by atoms with van der Waals surface area (Å²) in [5, 5.41) is 6.04. The summed E-state index contributed by atoms with van der Waals surface area (Å²) in [4.78, 5) is 11.7. The number of carbonyl (C=O) groups excluding carboxylic acids is 1. The Labute approximate surface area is 99.1 Å². The Morgan fingerprint density at radius 3 is 2.50 bits per heavy atom. The normalized spacial score (nSPS) is 11.5. The van der Waals surface area contributed by atoms with E-state index in [4.69, 9.17) is 4.74 Å². The van der Waals surface area contributed by atoms with Gasteiger partial charge in [-0.15, -0.1) is 0 Å². The first-order chi connectivity index (χ1) is 7.54. The number of ether oxygens (including phenoxy) is 1. The van der Waals surface area contributed by atoms with Crippen LogP contribution in [0.3, 0.4) is 0 Å². The van der Waals surface area contributed by atoms with E-state index in [0.29, 0.717) is 6.54 Å². The SMILES string of the molecule is CCCOCCCNC(=O)C(C)(C)NCC. The summed E-state index contributed by atoms with van der Waals surface area (Å²) in [6.07, 6.45) is 1.91. The number of carbonyl (C=O) groups is 1. The van der Waals surface area contributed by atoms with Crippen LogP contribution in [0.15, 0.2) is 0 Å². The van der Waals surface area contributed by atoms with Crippen molar-refractivity contribution in [3.63, 3.8) is 0 Å². The highest BCUT2D eigenvalue weighted by atomic mass is 16.5. The lowest BCUT2D eigenvalue weighted by Gasteiger charge is -2.24. The number of amides is 1. The zero-order valence-electron chi connectivity index (χ0n) is 11.1. The molecule has 96 valence electrons. The molecule has 0 bridgehead atoms. The van der Waals surface area contributed by atoms with Crippen LogP contribution >= 0.6 is 0 Å². The molecule has 4 nitrogen and oxygen atoms in total. The minimum absolute atomic E-state index is 0.0461. The van der Waals surface area contributed by atoms with Crippen molar-refractivity contribution < 1.29 is 9.53 Å². The van der Waals surface area contributed by atoms with Gasteiger partial charge in [-0.25, -0.2) is 0 Å². The number of likely N-dealkylation sites (N-methyl/N-ethyl adjacent to an activating group) is 1. The predicted molar refractivity (Wildman–Crippen MR) is 66.5 cm³/mol. The minimum atomic E-state index is -0.487. The Hall–Kier alpha value is -0.610. The van der Waals surface area contributed by atoms with Crippen molar-refractivity contribution in [3.05, 3.63) is 0 Å². The molecule has 0 radical (unpaired) electrons. The second-order valence-corrected chi connectivity index (χ2v) is 4.38. The van der Waals surface area contributed by atoms with Crippen LogP contribution in [-0.2, 0) is 9.53 Å². The smallest absolute Gasteiger partial charge is 0.239 e. The molecule has 0 saturated heterocycles. The second-order valence-electron chi connectivity index (χ2n) is 4.38. The Kier molecular flexibility index (Phi) is 8.21. The van der Waals surface area contributed by atoms with E-state index < -0.39 is 5.54 Å². The maximum atomic E-state index is 11.7. The first-order valence-corrected chi connectivity index (χ1v) is 6.15. The first kappa shape index (κ1) is 15.4. The van der Waals surface area contributed by atoms with Crippen molar-refractivity contribution >= 4 is 5.91 Å². The molecular formula is C12H26N2O2. The van der Waals surface area contributed by atoms with E-state index >= 15 is 0 Å². The van der Waals surface area contributed by atoms with Gasteiger partial charge in [0.2, 0.25) is 5.91 Å². The van der Waals surface area contributed by atoms with Crippen molar-refractivity contribution in [3.8, 4) is 0 Å². The van der Waals surface area contributed by atoms with Crippen LogP contribution in [0.25, 0.3) is 0 Å². The van der Waals surface area contributed by atoms with Crippen LogP contribution in [0.5, 0.6) is 0 Å². The van der Waals surface area contributed by atoms with Crippen molar-refractivity contribution in [1.82, 2.24) is 10.6 Å². The Morgan fingerprint density at radius 2 is 1.94 bits per heavy atom. The van der Waals surface area contributed by atoms with Gasteiger partial charge in [-0.1, -0.05) is 13.8 Å². The molecule has 0 aromatic rings.